The van der Waals surface area contributed by atoms with Crippen molar-refractivity contribution in [2.75, 3.05) is 6.54 Å². The Morgan fingerprint density at radius 3 is 2.60 bits per heavy atom. The Bertz CT molecular complexity index is 388. The van der Waals surface area contributed by atoms with Crippen molar-refractivity contribution in [3.63, 3.8) is 0 Å². The van der Waals surface area contributed by atoms with Gasteiger partial charge in [-0.15, -0.1) is 0 Å². The van der Waals surface area contributed by atoms with E-state index in [9.17, 15) is 9.59 Å². The maximum absolute atomic E-state index is 11.3. The van der Waals surface area contributed by atoms with Crippen LogP contribution in [0, 0.1) is 5.92 Å². The van der Waals surface area contributed by atoms with Crippen LogP contribution in [0.3, 0.4) is 0 Å². The number of amides is 1. The van der Waals surface area contributed by atoms with Crippen LogP contribution in [0.1, 0.15) is 11.5 Å². The van der Waals surface area contributed by atoms with Crippen molar-refractivity contribution < 1.29 is 14.7 Å². The lowest BCUT2D eigenvalue weighted by Crippen LogP contribution is -2.26. The van der Waals surface area contributed by atoms with E-state index in [1.54, 1.807) is 0 Å². The van der Waals surface area contributed by atoms with Crippen LogP contribution >= 0.6 is 0 Å². The molecule has 0 radical (unpaired) electrons. The van der Waals surface area contributed by atoms with Gasteiger partial charge < -0.3 is 10.4 Å². The van der Waals surface area contributed by atoms with E-state index in [0.29, 0.717) is 6.54 Å². The molecule has 2 atom stereocenters. The maximum Gasteiger partial charge on any atom is 0.316 e. The van der Waals surface area contributed by atoms with Crippen LogP contribution in [-0.2, 0) is 9.59 Å². The highest BCUT2D eigenvalue weighted by Crippen LogP contribution is 2.28. The lowest BCUT2D eigenvalue weighted by molar-refractivity contribution is -0.145. The average molecular weight is 205 g/mol. The van der Waals surface area contributed by atoms with Crippen LogP contribution in [0.2, 0.25) is 0 Å². The van der Waals surface area contributed by atoms with Crippen molar-refractivity contribution in [2.45, 2.75) is 5.92 Å². The van der Waals surface area contributed by atoms with Crippen LogP contribution < -0.4 is 5.32 Å². The summed E-state index contributed by atoms with van der Waals surface area (Å²) in [6, 6.07) is 9.25. The first kappa shape index (κ1) is 9.71. The molecule has 78 valence electrons. The minimum atomic E-state index is -1.06. The first-order valence-electron chi connectivity index (χ1n) is 4.75. The van der Waals surface area contributed by atoms with Crippen LogP contribution in [0.25, 0.3) is 0 Å². The summed E-state index contributed by atoms with van der Waals surface area (Å²) in [5, 5.41) is 11.5. The highest BCUT2D eigenvalue weighted by molar-refractivity contribution is 5.99. The van der Waals surface area contributed by atoms with E-state index in [1.165, 1.54) is 0 Å². The number of carbonyl (C=O) groups is 2. The van der Waals surface area contributed by atoms with Gasteiger partial charge in [0.15, 0.2) is 0 Å². The molecule has 1 aromatic carbocycles. The van der Waals surface area contributed by atoms with Crippen LogP contribution in [0.15, 0.2) is 30.3 Å². The van der Waals surface area contributed by atoms with E-state index >= 15 is 0 Å². The average Bonchev–Trinajstić information content (AvgIpc) is 2.61. The van der Waals surface area contributed by atoms with Gasteiger partial charge in [0.2, 0.25) is 5.91 Å². The van der Waals surface area contributed by atoms with E-state index in [-0.39, 0.29) is 5.92 Å². The Kier molecular flexibility index (Phi) is 2.41. The third-order valence-corrected chi connectivity index (χ3v) is 2.67. The Morgan fingerprint density at radius 1 is 1.33 bits per heavy atom. The van der Waals surface area contributed by atoms with Crippen molar-refractivity contribution in [3.05, 3.63) is 35.9 Å². The lowest BCUT2D eigenvalue weighted by Gasteiger charge is -2.12. The molecule has 4 nitrogen and oxygen atoms in total. The Balaban J connectivity index is 2.30. The van der Waals surface area contributed by atoms with Gasteiger partial charge in [0.25, 0.3) is 0 Å². The molecule has 1 aliphatic heterocycles. The highest BCUT2D eigenvalue weighted by atomic mass is 16.4. The maximum atomic E-state index is 11.3. The monoisotopic (exact) mass is 205 g/mol. The molecule has 0 aromatic heterocycles. The lowest BCUT2D eigenvalue weighted by atomic mass is 9.89. The van der Waals surface area contributed by atoms with Gasteiger partial charge >= 0.3 is 5.97 Å². The molecule has 1 heterocycles. The van der Waals surface area contributed by atoms with Gasteiger partial charge in [-0.25, -0.2) is 0 Å². The molecule has 0 spiro atoms. The predicted molar refractivity (Wildman–Crippen MR) is 53.3 cm³/mol. The summed E-state index contributed by atoms with van der Waals surface area (Å²) in [4.78, 5) is 22.2. The summed E-state index contributed by atoms with van der Waals surface area (Å²) in [6.07, 6.45) is 0. The number of nitrogens with one attached hydrogen (secondary N) is 1. The number of carboxylic acid groups (broad SMARTS) is 1. The molecule has 0 bridgehead atoms. The van der Waals surface area contributed by atoms with E-state index in [4.69, 9.17) is 5.11 Å². The number of rotatable bonds is 2. The van der Waals surface area contributed by atoms with Crippen molar-refractivity contribution >= 4 is 11.9 Å². The fourth-order valence-corrected chi connectivity index (χ4v) is 1.92. The van der Waals surface area contributed by atoms with Crippen molar-refractivity contribution in [2.24, 2.45) is 5.92 Å². The van der Waals surface area contributed by atoms with Crippen molar-refractivity contribution in [1.29, 1.82) is 0 Å². The number of aliphatic carboxylic acids is 1. The first-order chi connectivity index (χ1) is 7.20. The molecule has 1 fully saturated rings. The second-order valence-corrected chi connectivity index (χ2v) is 3.58. The fourth-order valence-electron chi connectivity index (χ4n) is 1.92. The number of hydrogen-bond acceptors (Lipinski definition) is 2. The number of carbonyl (C=O) groups excluding carboxylic acids is 1. The molecular formula is C11H11NO3. The van der Waals surface area contributed by atoms with Gasteiger partial charge in [-0.2, -0.15) is 0 Å². The fraction of sp³-hybridized carbons (Fsp3) is 0.273. The molecule has 1 aromatic rings. The second-order valence-electron chi connectivity index (χ2n) is 3.58. The van der Waals surface area contributed by atoms with Crippen LogP contribution in [0.4, 0.5) is 0 Å². The largest absolute Gasteiger partial charge is 0.481 e. The Labute approximate surface area is 86.9 Å². The molecule has 4 heteroatoms. The molecule has 1 saturated heterocycles. The van der Waals surface area contributed by atoms with Crippen LogP contribution in [0.5, 0.6) is 0 Å². The zero-order valence-corrected chi connectivity index (χ0v) is 8.01. The third-order valence-electron chi connectivity index (χ3n) is 2.67. The summed E-state index contributed by atoms with van der Waals surface area (Å²) in [7, 11) is 0. The zero-order valence-electron chi connectivity index (χ0n) is 8.01. The van der Waals surface area contributed by atoms with Gasteiger partial charge in [-0.1, -0.05) is 30.3 Å². The highest BCUT2D eigenvalue weighted by Gasteiger charge is 2.40. The van der Waals surface area contributed by atoms with Gasteiger partial charge in [0, 0.05) is 12.5 Å². The zero-order chi connectivity index (χ0) is 10.8. The SMILES string of the molecule is O=C(O)[C@@H]1C(=O)NC[C@@H]1c1ccccc1. The number of carboxylic acids is 1. The molecule has 2 rings (SSSR count). The summed E-state index contributed by atoms with van der Waals surface area (Å²) in [5.74, 6) is -2.65. The molecule has 2 N–H and O–H groups in total. The predicted octanol–water partition coefficient (Wildman–Crippen LogP) is 0.601. The Hall–Kier alpha value is -1.84. The molecule has 1 amide bonds. The van der Waals surface area contributed by atoms with Crippen molar-refractivity contribution in [1.82, 2.24) is 5.32 Å². The molecule has 0 unspecified atom stereocenters. The molecule has 0 saturated carbocycles. The van der Waals surface area contributed by atoms with Gasteiger partial charge in [0.05, 0.1) is 0 Å². The van der Waals surface area contributed by atoms with E-state index in [0.717, 1.165) is 5.56 Å². The topological polar surface area (TPSA) is 66.4 Å². The summed E-state index contributed by atoms with van der Waals surface area (Å²) < 4.78 is 0. The van der Waals surface area contributed by atoms with Gasteiger partial charge in [-0.05, 0) is 5.56 Å². The van der Waals surface area contributed by atoms with E-state index in [2.05, 4.69) is 5.32 Å². The minimum absolute atomic E-state index is 0.254. The normalized spacial score (nSPS) is 24.9. The molecular weight excluding hydrogens is 194 g/mol. The Morgan fingerprint density at radius 2 is 2.00 bits per heavy atom. The summed E-state index contributed by atoms with van der Waals surface area (Å²) in [6.45, 7) is 0.403. The quantitative estimate of drug-likeness (QED) is 0.695. The van der Waals surface area contributed by atoms with Crippen LogP contribution in [-0.4, -0.2) is 23.5 Å². The van der Waals surface area contributed by atoms with E-state index < -0.39 is 17.8 Å². The third kappa shape index (κ3) is 1.70. The number of benzene rings is 1. The number of hydrogen-bond donors (Lipinski definition) is 2. The smallest absolute Gasteiger partial charge is 0.316 e. The standard InChI is InChI=1S/C11H11NO3/c13-10-9(11(14)15)8(6-12-10)7-4-2-1-3-5-7/h1-5,8-9H,6H2,(H,12,13)(H,14,15)/t8-,9+/m1/s1. The first-order valence-corrected chi connectivity index (χ1v) is 4.75. The summed E-state index contributed by atoms with van der Waals surface area (Å²) >= 11 is 0. The minimum Gasteiger partial charge on any atom is -0.481 e. The molecule has 0 aliphatic carbocycles. The molecule has 1 aliphatic rings. The van der Waals surface area contributed by atoms with Gasteiger partial charge in [-0.3, -0.25) is 9.59 Å². The molecule has 15 heavy (non-hydrogen) atoms. The van der Waals surface area contributed by atoms with Crippen molar-refractivity contribution in [3.8, 4) is 0 Å². The van der Waals surface area contributed by atoms with Gasteiger partial charge in [0.1, 0.15) is 5.92 Å². The summed E-state index contributed by atoms with van der Waals surface area (Å²) in [5.41, 5.74) is 0.892. The second kappa shape index (κ2) is 3.73. The van der Waals surface area contributed by atoms with E-state index in [1.807, 2.05) is 30.3 Å².